The van der Waals surface area contributed by atoms with Crippen LogP contribution in [0.15, 0.2) is 47.4 Å². The van der Waals surface area contributed by atoms with Crippen LogP contribution < -0.4 is 21.1 Å². The Morgan fingerprint density at radius 3 is 2.63 bits per heavy atom. The van der Waals surface area contributed by atoms with E-state index < -0.39 is 11.4 Å². The second-order valence-electron chi connectivity index (χ2n) is 8.48. The first kappa shape index (κ1) is 23.5. The van der Waals surface area contributed by atoms with Gasteiger partial charge in [-0.15, -0.1) is 0 Å². The van der Waals surface area contributed by atoms with E-state index in [1.807, 2.05) is 6.92 Å². The molecule has 2 aromatic carbocycles. The van der Waals surface area contributed by atoms with Crippen molar-refractivity contribution >= 4 is 51.2 Å². The van der Waals surface area contributed by atoms with Crippen LogP contribution in [0, 0.1) is 12.7 Å². The lowest BCUT2D eigenvalue weighted by Crippen LogP contribution is -2.43. The summed E-state index contributed by atoms with van der Waals surface area (Å²) in [5.41, 5.74) is 2.92. The van der Waals surface area contributed by atoms with Gasteiger partial charge in [-0.05, 0) is 48.4 Å². The Hall–Kier alpha value is -3.20. The van der Waals surface area contributed by atoms with Gasteiger partial charge in [-0.2, -0.15) is 5.10 Å². The Bertz CT molecular complexity index is 1450. The Morgan fingerprint density at radius 1 is 1.14 bits per heavy atom. The van der Waals surface area contributed by atoms with Crippen LogP contribution in [0.3, 0.4) is 0 Å². The molecule has 1 aliphatic heterocycles. The molecule has 7 nitrogen and oxygen atoms in total. The topological polar surface area (TPSA) is 85.9 Å². The fourth-order valence-electron chi connectivity index (χ4n) is 4.38. The highest BCUT2D eigenvalue weighted by molar-refractivity contribution is 6.36. The molecule has 0 aliphatic carbocycles. The molecular formula is C25H23Cl2FN6O. The number of anilines is 3. The second-order valence-corrected chi connectivity index (χ2v) is 9.30. The molecule has 1 fully saturated rings. The van der Waals surface area contributed by atoms with E-state index in [9.17, 15) is 4.79 Å². The molecule has 3 heterocycles. The molecule has 1 saturated heterocycles. The van der Waals surface area contributed by atoms with Crippen LogP contribution in [-0.2, 0) is 6.42 Å². The van der Waals surface area contributed by atoms with Crippen LogP contribution in [0.25, 0.3) is 10.8 Å². The third-order valence-corrected chi connectivity index (χ3v) is 6.82. The number of nitrogens with zero attached hydrogens (tertiary/aromatic N) is 3. The summed E-state index contributed by atoms with van der Waals surface area (Å²) in [4.78, 5) is 19.5. The minimum Gasteiger partial charge on any atom is -0.369 e. The summed E-state index contributed by atoms with van der Waals surface area (Å²) >= 11 is 12.7. The molecule has 1 aliphatic rings. The maximum atomic E-state index is 15.3. The highest BCUT2D eigenvalue weighted by Gasteiger charge is 2.18. The number of benzene rings is 2. The third kappa shape index (κ3) is 4.82. The van der Waals surface area contributed by atoms with Gasteiger partial charge in [0.2, 0.25) is 0 Å². The Labute approximate surface area is 211 Å². The molecule has 3 N–H and O–H groups in total. The van der Waals surface area contributed by atoms with Crippen molar-refractivity contribution in [3.63, 3.8) is 0 Å². The molecule has 0 atom stereocenters. The summed E-state index contributed by atoms with van der Waals surface area (Å²) in [5, 5.41) is 14.6. The van der Waals surface area contributed by atoms with Crippen molar-refractivity contribution in [3.05, 3.63) is 85.6 Å². The first-order chi connectivity index (χ1) is 16.9. The number of pyridine rings is 1. The van der Waals surface area contributed by atoms with Gasteiger partial charge in [0.15, 0.2) is 0 Å². The van der Waals surface area contributed by atoms with Gasteiger partial charge < -0.3 is 15.5 Å². The van der Waals surface area contributed by atoms with Gasteiger partial charge >= 0.3 is 0 Å². The van der Waals surface area contributed by atoms with Crippen molar-refractivity contribution in [1.82, 2.24) is 20.5 Å². The smallest absolute Gasteiger partial charge is 0.275 e. The molecule has 0 spiro atoms. The monoisotopic (exact) mass is 512 g/mol. The van der Waals surface area contributed by atoms with Crippen LogP contribution in [0.1, 0.15) is 16.8 Å². The molecule has 5 rings (SSSR count). The average molecular weight is 513 g/mol. The van der Waals surface area contributed by atoms with Gasteiger partial charge in [0.25, 0.3) is 5.56 Å². The fraction of sp³-hybridized carbons (Fsp3) is 0.240. The Morgan fingerprint density at radius 2 is 1.89 bits per heavy atom. The van der Waals surface area contributed by atoms with Crippen LogP contribution >= 0.6 is 23.2 Å². The number of piperazine rings is 1. The van der Waals surface area contributed by atoms with Crippen molar-refractivity contribution in [3.8, 4) is 0 Å². The van der Waals surface area contributed by atoms with Crippen molar-refractivity contribution < 1.29 is 4.39 Å². The largest absolute Gasteiger partial charge is 0.369 e. The highest BCUT2D eigenvalue weighted by atomic mass is 35.5. The molecule has 0 radical (unpaired) electrons. The van der Waals surface area contributed by atoms with Crippen molar-refractivity contribution in [1.29, 1.82) is 0 Å². The number of aryl methyl sites for hydroxylation is 1. The standard InChI is InChI=1S/C25H23Cl2FN6O/c1-14-9-21(20(28)12-22(14)34-7-5-29-6-8-34)32-24-23-15(13-30-33-25(23)35)10-16(31-24)11-17-18(26)3-2-4-19(17)27/h2-4,9-10,12-13,29H,5-8,11H2,1H3,(H,31,32)(H,33,35). The summed E-state index contributed by atoms with van der Waals surface area (Å²) in [7, 11) is 0. The number of hydrogen-bond acceptors (Lipinski definition) is 6. The van der Waals surface area contributed by atoms with Gasteiger partial charge in [-0.1, -0.05) is 29.3 Å². The van der Waals surface area contributed by atoms with Crippen LogP contribution in [0.5, 0.6) is 0 Å². The van der Waals surface area contributed by atoms with E-state index >= 15 is 4.39 Å². The molecule has 0 bridgehead atoms. The number of H-pyrrole nitrogens is 1. The Kier molecular flexibility index (Phi) is 6.60. The second kappa shape index (κ2) is 9.81. The zero-order chi connectivity index (χ0) is 24.5. The molecule has 180 valence electrons. The van der Waals surface area contributed by atoms with Gasteiger partial charge in [-0.3, -0.25) is 4.79 Å². The summed E-state index contributed by atoms with van der Waals surface area (Å²) < 4.78 is 15.3. The quantitative estimate of drug-likeness (QED) is 0.355. The van der Waals surface area contributed by atoms with Gasteiger partial charge in [-0.25, -0.2) is 14.5 Å². The van der Waals surface area contributed by atoms with E-state index in [1.165, 1.54) is 12.3 Å². The fourth-order valence-corrected chi connectivity index (χ4v) is 4.91. The Balaban J connectivity index is 1.56. The normalized spacial score (nSPS) is 13.9. The molecule has 2 aromatic heterocycles. The summed E-state index contributed by atoms with van der Waals surface area (Å²) in [6.45, 7) is 5.29. The van der Waals surface area contributed by atoms with E-state index in [4.69, 9.17) is 23.2 Å². The molecule has 0 saturated carbocycles. The van der Waals surface area contributed by atoms with Crippen LogP contribution in [0.4, 0.5) is 21.6 Å². The van der Waals surface area contributed by atoms with E-state index in [0.717, 1.165) is 37.4 Å². The first-order valence-corrected chi connectivity index (χ1v) is 12.0. The molecule has 10 heteroatoms. The predicted molar refractivity (Wildman–Crippen MR) is 139 cm³/mol. The molecule has 4 aromatic rings. The van der Waals surface area contributed by atoms with Gasteiger partial charge in [0.05, 0.1) is 17.3 Å². The molecule has 0 amide bonds. The minimum absolute atomic E-state index is 0.234. The molecular weight excluding hydrogens is 490 g/mol. The van der Waals surface area contributed by atoms with Crippen molar-refractivity contribution in [2.45, 2.75) is 13.3 Å². The predicted octanol–water partition coefficient (Wildman–Crippen LogP) is 4.82. The van der Waals surface area contributed by atoms with Gasteiger partial charge in [0, 0.05) is 59.4 Å². The van der Waals surface area contributed by atoms with E-state index in [1.54, 1.807) is 30.3 Å². The zero-order valence-corrected chi connectivity index (χ0v) is 20.5. The lowest BCUT2D eigenvalue weighted by Gasteiger charge is -2.31. The lowest BCUT2D eigenvalue weighted by atomic mass is 10.1. The minimum atomic E-state index is -0.427. The SMILES string of the molecule is Cc1cc(Nc2nc(Cc3c(Cl)cccc3Cl)cc3cn[nH]c(=O)c23)c(F)cc1N1CCNCC1. The van der Waals surface area contributed by atoms with Crippen LogP contribution in [-0.4, -0.2) is 41.4 Å². The summed E-state index contributed by atoms with van der Waals surface area (Å²) in [6, 6.07) is 10.3. The van der Waals surface area contributed by atoms with Crippen molar-refractivity contribution in [2.75, 3.05) is 36.4 Å². The maximum absolute atomic E-state index is 15.3. The lowest BCUT2D eigenvalue weighted by molar-refractivity contribution is 0.584. The first-order valence-electron chi connectivity index (χ1n) is 11.2. The summed E-state index contributed by atoms with van der Waals surface area (Å²) in [5.74, 6) is -0.193. The number of hydrogen-bond donors (Lipinski definition) is 3. The number of aromatic amines is 1. The highest BCUT2D eigenvalue weighted by Crippen LogP contribution is 2.32. The van der Waals surface area contributed by atoms with Gasteiger partial charge in [0.1, 0.15) is 11.6 Å². The number of rotatable bonds is 5. The average Bonchev–Trinajstić information content (AvgIpc) is 2.84. The van der Waals surface area contributed by atoms with E-state index in [-0.39, 0.29) is 16.9 Å². The van der Waals surface area contributed by atoms with Crippen LogP contribution in [0.2, 0.25) is 10.0 Å². The van der Waals surface area contributed by atoms with E-state index in [0.29, 0.717) is 33.1 Å². The number of halogens is 3. The summed E-state index contributed by atoms with van der Waals surface area (Å²) in [6.07, 6.45) is 1.87. The third-order valence-electron chi connectivity index (χ3n) is 6.12. The number of aromatic nitrogens is 3. The van der Waals surface area contributed by atoms with E-state index in [2.05, 4.69) is 30.7 Å². The maximum Gasteiger partial charge on any atom is 0.275 e. The number of fused-ring (bicyclic) bond motifs is 1. The zero-order valence-electron chi connectivity index (χ0n) is 19.0. The molecule has 35 heavy (non-hydrogen) atoms. The van der Waals surface area contributed by atoms with Crippen molar-refractivity contribution in [2.24, 2.45) is 0 Å². The molecule has 0 unspecified atom stereocenters. The number of nitrogens with one attached hydrogen (secondary N) is 3.